The lowest BCUT2D eigenvalue weighted by atomic mass is 10.2. The third-order valence-corrected chi connectivity index (χ3v) is 3.91. The summed E-state index contributed by atoms with van der Waals surface area (Å²) in [7, 11) is 1.34. The second-order valence-corrected chi connectivity index (χ2v) is 5.85. The van der Waals surface area contributed by atoms with E-state index in [0.29, 0.717) is 47.7 Å². The molecule has 2 N–H and O–H groups in total. The maximum Gasteiger partial charge on any atom is 0.337 e. The first-order valence-electron chi connectivity index (χ1n) is 8.53. The van der Waals surface area contributed by atoms with E-state index in [1.807, 2.05) is 24.3 Å². The molecular weight excluding hydrogens is 362 g/mol. The number of carbonyl (C=O) groups excluding carboxylic acids is 1. The van der Waals surface area contributed by atoms with E-state index < -0.39 is 5.97 Å². The number of benzene rings is 2. The van der Waals surface area contributed by atoms with Crippen LogP contribution >= 0.6 is 0 Å². The third kappa shape index (κ3) is 3.93. The molecule has 0 saturated heterocycles. The van der Waals surface area contributed by atoms with E-state index >= 15 is 0 Å². The van der Waals surface area contributed by atoms with Crippen LogP contribution in [0.3, 0.4) is 0 Å². The number of aromatic nitrogens is 3. The number of anilines is 4. The molecule has 0 radical (unpaired) electrons. The van der Waals surface area contributed by atoms with Crippen LogP contribution in [0.25, 0.3) is 0 Å². The zero-order valence-corrected chi connectivity index (χ0v) is 15.0. The lowest BCUT2D eigenvalue weighted by Crippen LogP contribution is -2.15. The smallest absolute Gasteiger partial charge is 0.337 e. The molecule has 9 nitrogen and oxygen atoms in total. The van der Waals surface area contributed by atoms with Crippen molar-refractivity contribution in [2.45, 2.75) is 0 Å². The van der Waals surface area contributed by atoms with E-state index in [4.69, 9.17) is 14.2 Å². The molecule has 0 bridgehead atoms. The average Bonchev–Trinajstić information content (AvgIpc) is 2.73. The summed E-state index contributed by atoms with van der Waals surface area (Å²) in [5.41, 5.74) is 1.86. The third-order valence-electron chi connectivity index (χ3n) is 3.91. The van der Waals surface area contributed by atoms with E-state index in [1.54, 1.807) is 18.2 Å². The summed E-state index contributed by atoms with van der Waals surface area (Å²) in [4.78, 5) is 16.0. The first-order chi connectivity index (χ1) is 13.7. The summed E-state index contributed by atoms with van der Waals surface area (Å²) in [5.74, 6) is 1.74. The molecule has 0 fully saturated rings. The van der Waals surface area contributed by atoms with Crippen LogP contribution in [0.4, 0.5) is 23.1 Å². The van der Waals surface area contributed by atoms with Crippen molar-refractivity contribution in [1.29, 1.82) is 0 Å². The molecule has 2 heterocycles. The number of rotatable bonds is 5. The average molecular weight is 379 g/mol. The van der Waals surface area contributed by atoms with E-state index in [0.717, 1.165) is 5.69 Å². The second kappa shape index (κ2) is 7.78. The standard InChI is InChI=1S/C19H17N5O4/c1-26-18(25)12-3-2-4-13(9-12)21-17-11-20-24-19(23-17)22-14-5-6-15-16(10-14)28-8-7-27-15/h2-6,9-11H,7-8H2,1H3,(H2,21,22,23,24). The fourth-order valence-electron chi connectivity index (χ4n) is 2.66. The molecule has 3 aromatic rings. The number of methoxy groups -OCH3 is 1. The Morgan fingerprint density at radius 2 is 1.86 bits per heavy atom. The molecule has 0 saturated carbocycles. The molecule has 2 aromatic carbocycles. The van der Waals surface area contributed by atoms with Crippen molar-refractivity contribution in [3.05, 3.63) is 54.2 Å². The number of carbonyl (C=O) groups is 1. The monoisotopic (exact) mass is 379 g/mol. The molecule has 1 aromatic heterocycles. The Balaban J connectivity index is 1.50. The van der Waals surface area contributed by atoms with Crippen molar-refractivity contribution < 1.29 is 19.0 Å². The predicted molar refractivity (Wildman–Crippen MR) is 102 cm³/mol. The van der Waals surface area contributed by atoms with Crippen LogP contribution in [-0.4, -0.2) is 41.5 Å². The van der Waals surface area contributed by atoms with Crippen LogP contribution in [0, 0.1) is 0 Å². The van der Waals surface area contributed by atoms with Crippen molar-refractivity contribution >= 4 is 29.1 Å². The minimum absolute atomic E-state index is 0.311. The fourth-order valence-corrected chi connectivity index (χ4v) is 2.66. The topological polar surface area (TPSA) is 107 Å². The fraction of sp³-hybridized carbons (Fsp3) is 0.158. The quantitative estimate of drug-likeness (QED) is 0.647. The summed E-state index contributed by atoms with van der Waals surface area (Å²) in [6.45, 7) is 1.05. The van der Waals surface area contributed by atoms with Crippen LogP contribution < -0.4 is 20.1 Å². The maximum absolute atomic E-state index is 11.7. The van der Waals surface area contributed by atoms with E-state index in [2.05, 4.69) is 25.8 Å². The van der Waals surface area contributed by atoms with Gasteiger partial charge in [0.05, 0.1) is 18.9 Å². The van der Waals surface area contributed by atoms with Gasteiger partial charge in [-0.25, -0.2) is 4.79 Å². The molecule has 0 atom stereocenters. The van der Waals surface area contributed by atoms with Gasteiger partial charge in [0.15, 0.2) is 17.3 Å². The van der Waals surface area contributed by atoms with Crippen molar-refractivity contribution in [2.24, 2.45) is 0 Å². The Labute approximate surface area is 160 Å². The van der Waals surface area contributed by atoms with Gasteiger partial charge in [0.25, 0.3) is 0 Å². The van der Waals surface area contributed by atoms with Gasteiger partial charge in [-0.2, -0.15) is 10.1 Å². The van der Waals surface area contributed by atoms with Gasteiger partial charge in [0.1, 0.15) is 13.2 Å². The highest BCUT2D eigenvalue weighted by Crippen LogP contribution is 2.33. The summed E-state index contributed by atoms with van der Waals surface area (Å²) in [6, 6.07) is 12.4. The minimum Gasteiger partial charge on any atom is -0.486 e. The second-order valence-electron chi connectivity index (χ2n) is 5.85. The van der Waals surface area contributed by atoms with Gasteiger partial charge in [-0.05, 0) is 30.3 Å². The summed E-state index contributed by atoms with van der Waals surface area (Å²) < 4.78 is 15.8. The Bertz CT molecular complexity index is 1010. The molecule has 28 heavy (non-hydrogen) atoms. The van der Waals surface area contributed by atoms with Gasteiger partial charge in [-0.15, -0.1) is 5.10 Å². The van der Waals surface area contributed by atoms with E-state index in [1.165, 1.54) is 13.3 Å². The van der Waals surface area contributed by atoms with Crippen LogP contribution in [-0.2, 0) is 4.74 Å². The van der Waals surface area contributed by atoms with Gasteiger partial charge in [0, 0.05) is 17.4 Å². The molecule has 1 aliphatic heterocycles. The van der Waals surface area contributed by atoms with E-state index in [-0.39, 0.29) is 0 Å². The highest BCUT2D eigenvalue weighted by molar-refractivity contribution is 5.90. The molecule has 0 aliphatic carbocycles. The lowest BCUT2D eigenvalue weighted by Gasteiger charge is -2.19. The summed E-state index contributed by atoms with van der Waals surface area (Å²) in [6.07, 6.45) is 1.49. The minimum atomic E-state index is -0.412. The van der Waals surface area contributed by atoms with Gasteiger partial charge in [0.2, 0.25) is 5.95 Å². The van der Waals surface area contributed by atoms with Crippen LogP contribution in [0.2, 0.25) is 0 Å². The van der Waals surface area contributed by atoms with Crippen molar-refractivity contribution in [2.75, 3.05) is 31.0 Å². The zero-order valence-electron chi connectivity index (χ0n) is 15.0. The number of nitrogens with zero attached hydrogens (tertiary/aromatic N) is 3. The Morgan fingerprint density at radius 3 is 2.71 bits per heavy atom. The zero-order chi connectivity index (χ0) is 19.3. The van der Waals surface area contributed by atoms with Gasteiger partial charge >= 0.3 is 5.97 Å². The first kappa shape index (κ1) is 17.5. The predicted octanol–water partition coefficient (Wildman–Crippen LogP) is 2.92. The van der Waals surface area contributed by atoms with Crippen molar-refractivity contribution in [3.63, 3.8) is 0 Å². The number of hydrogen-bond donors (Lipinski definition) is 2. The largest absolute Gasteiger partial charge is 0.486 e. The van der Waals surface area contributed by atoms with Gasteiger partial charge in [-0.3, -0.25) is 0 Å². The molecular formula is C19H17N5O4. The molecule has 0 spiro atoms. The first-order valence-corrected chi connectivity index (χ1v) is 8.53. The summed E-state index contributed by atoms with van der Waals surface area (Å²) in [5, 5.41) is 14.1. The maximum atomic E-state index is 11.7. The van der Waals surface area contributed by atoms with Crippen molar-refractivity contribution in [1.82, 2.24) is 15.2 Å². The number of nitrogens with one attached hydrogen (secondary N) is 2. The summed E-state index contributed by atoms with van der Waals surface area (Å²) >= 11 is 0. The lowest BCUT2D eigenvalue weighted by molar-refractivity contribution is 0.0601. The Morgan fingerprint density at radius 1 is 1.04 bits per heavy atom. The van der Waals surface area contributed by atoms with Crippen LogP contribution in [0.5, 0.6) is 11.5 Å². The number of esters is 1. The number of fused-ring (bicyclic) bond motifs is 1. The molecule has 0 amide bonds. The highest BCUT2D eigenvalue weighted by atomic mass is 16.6. The molecule has 4 rings (SSSR count). The normalized spacial score (nSPS) is 12.2. The number of ether oxygens (including phenoxy) is 3. The van der Waals surface area contributed by atoms with E-state index in [9.17, 15) is 4.79 Å². The SMILES string of the molecule is COC(=O)c1cccc(Nc2cnnc(Nc3ccc4c(c3)OCCO4)n2)c1. The molecule has 142 valence electrons. The van der Waals surface area contributed by atoms with Crippen LogP contribution in [0.1, 0.15) is 10.4 Å². The Hall–Kier alpha value is -3.88. The van der Waals surface area contributed by atoms with Crippen molar-refractivity contribution in [3.8, 4) is 11.5 Å². The molecule has 0 unspecified atom stereocenters. The van der Waals surface area contributed by atoms with Crippen LogP contribution in [0.15, 0.2) is 48.7 Å². The number of hydrogen-bond acceptors (Lipinski definition) is 9. The van der Waals surface area contributed by atoms with Gasteiger partial charge < -0.3 is 24.8 Å². The molecule has 1 aliphatic rings. The highest BCUT2D eigenvalue weighted by Gasteiger charge is 2.12. The molecule has 9 heteroatoms. The van der Waals surface area contributed by atoms with Gasteiger partial charge in [-0.1, -0.05) is 6.07 Å². The Kier molecular flexibility index (Phi) is 4.87.